The maximum Gasteiger partial charge on any atom is 0.349 e. The number of benzene rings is 1. The molecule has 6 rings (SSSR count). The number of rotatable bonds is 5. The minimum absolute atomic E-state index is 0.00473. The van der Waals surface area contributed by atoms with Crippen molar-refractivity contribution < 1.29 is 22.8 Å². The number of amides is 2. The van der Waals surface area contributed by atoms with E-state index in [1.54, 1.807) is 15.3 Å². The highest BCUT2D eigenvalue weighted by Gasteiger charge is 2.58. The molecule has 0 radical (unpaired) electrons. The Morgan fingerprint density at radius 3 is 2.55 bits per heavy atom. The molecule has 38 heavy (non-hydrogen) atoms. The molecule has 9 nitrogen and oxygen atoms in total. The van der Waals surface area contributed by atoms with Gasteiger partial charge in [-0.2, -0.15) is 8.78 Å². The first kappa shape index (κ1) is 26.9. The van der Waals surface area contributed by atoms with Gasteiger partial charge in [-0.05, 0) is 38.1 Å². The van der Waals surface area contributed by atoms with Crippen LogP contribution in [0.15, 0.2) is 34.3 Å². The third kappa shape index (κ3) is 5.14. The third-order valence-corrected chi connectivity index (χ3v) is 8.51. The van der Waals surface area contributed by atoms with Crippen LogP contribution in [0, 0.1) is 5.41 Å². The zero-order valence-corrected chi connectivity index (χ0v) is 22.4. The number of hydrogen-bond acceptors (Lipinski definition) is 8. The Bertz CT molecular complexity index is 1290. The smallest absolute Gasteiger partial charge is 0.349 e. The van der Waals surface area contributed by atoms with Crippen molar-refractivity contribution in [1.29, 1.82) is 0 Å². The molecule has 3 saturated heterocycles. The topological polar surface area (TPSA) is 104 Å². The van der Waals surface area contributed by atoms with Crippen molar-refractivity contribution >= 4 is 46.9 Å². The van der Waals surface area contributed by atoms with Crippen molar-refractivity contribution in [1.82, 2.24) is 30.3 Å². The van der Waals surface area contributed by atoms with E-state index < -0.39 is 28.7 Å². The summed E-state index contributed by atoms with van der Waals surface area (Å²) < 4.78 is 35.6. The minimum Gasteiger partial charge on any atom is -0.419 e. The molecule has 202 valence electrons. The Hall–Kier alpha value is -2.67. The quantitative estimate of drug-likeness (QED) is 0.451. The van der Waals surface area contributed by atoms with Crippen LogP contribution in [0.4, 0.5) is 8.78 Å². The Balaban J connectivity index is 0.000000529. The largest absolute Gasteiger partial charge is 0.419 e. The molecule has 0 aliphatic carbocycles. The molecule has 0 bridgehead atoms. The zero-order valence-electron chi connectivity index (χ0n) is 20.1. The van der Waals surface area contributed by atoms with Gasteiger partial charge in [-0.15, -0.1) is 21.5 Å². The van der Waals surface area contributed by atoms with Gasteiger partial charge in [-0.25, -0.2) is 0 Å². The van der Waals surface area contributed by atoms with Crippen LogP contribution < -0.4 is 5.32 Å². The molecule has 3 aliphatic rings. The summed E-state index contributed by atoms with van der Waals surface area (Å²) in [4.78, 5) is 31.6. The lowest BCUT2D eigenvalue weighted by atomic mass is 9.72. The van der Waals surface area contributed by atoms with E-state index in [9.17, 15) is 9.59 Å². The maximum atomic E-state index is 15.1. The van der Waals surface area contributed by atoms with Crippen LogP contribution in [0.2, 0.25) is 10.0 Å². The second kappa shape index (κ2) is 10.8. The van der Waals surface area contributed by atoms with Crippen molar-refractivity contribution in [2.75, 3.05) is 39.3 Å². The minimum atomic E-state index is -3.60. The fourth-order valence-corrected chi connectivity index (χ4v) is 5.93. The van der Waals surface area contributed by atoms with E-state index in [2.05, 4.69) is 20.5 Å². The van der Waals surface area contributed by atoms with Crippen molar-refractivity contribution in [2.24, 2.45) is 5.41 Å². The molecule has 5 heterocycles. The van der Waals surface area contributed by atoms with Crippen LogP contribution in [0.25, 0.3) is 0 Å². The van der Waals surface area contributed by atoms with Crippen LogP contribution in [0.5, 0.6) is 0 Å². The normalized spacial score (nSPS) is 20.3. The standard InChI is InChI=1S/C20H15Cl2F2N5O3S.C4H9N/c21-13-2-1-11(3-14(13)22)20(23,24)18-27-26-16(32-18)12-5-29(17(31)15-4-25-9-33-15)8-19(12)6-28(7-19)10-30;1-2-4-5-3-1/h1-4,9-10,12H,5-8H2;5H,1-4H2. The highest BCUT2D eigenvalue weighted by atomic mass is 35.5. The number of halogens is 4. The number of nitrogens with zero attached hydrogens (tertiary/aromatic N) is 5. The van der Waals surface area contributed by atoms with Gasteiger partial charge in [-0.1, -0.05) is 29.3 Å². The Kier molecular flexibility index (Phi) is 7.67. The summed E-state index contributed by atoms with van der Waals surface area (Å²) in [6.07, 6.45) is 4.97. The van der Waals surface area contributed by atoms with Crippen molar-refractivity contribution in [3.8, 4) is 0 Å². The van der Waals surface area contributed by atoms with Crippen LogP contribution >= 0.6 is 34.5 Å². The molecule has 1 aromatic carbocycles. The zero-order chi connectivity index (χ0) is 26.9. The van der Waals surface area contributed by atoms with Gasteiger partial charge >= 0.3 is 5.92 Å². The monoisotopic (exact) mass is 584 g/mol. The highest BCUT2D eigenvalue weighted by molar-refractivity contribution is 7.11. The van der Waals surface area contributed by atoms with Crippen molar-refractivity contribution in [3.63, 3.8) is 0 Å². The summed E-state index contributed by atoms with van der Waals surface area (Å²) in [6.45, 7) is 3.74. The molecule has 14 heteroatoms. The van der Waals surface area contributed by atoms with Gasteiger partial charge in [0.15, 0.2) is 0 Å². The van der Waals surface area contributed by atoms with E-state index in [-0.39, 0.29) is 28.4 Å². The molecule has 1 atom stereocenters. The van der Waals surface area contributed by atoms with Crippen molar-refractivity contribution in [3.05, 3.63) is 62.2 Å². The first-order valence-corrected chi connectivity index (χ1v) is 13.6. The van der Waals surface area contributed by atoms with E-state index in [1.807, 2.05) is 0 Å². The molecule has 1 N–H and O–H groups in total. The number of nitrogens with one attached hydrogen (secondary N) is 1. The number of hydrogen-bond donors (Lipinski definition) is 1. The van der Waals surface area contributed by atoms with Gasteiger partial charge in [0.25, 0.3) is 11.8 Å². The summed E-state index contributed by atoms with van der Waals surface area (Å²) in [7, 11) is 0. The summed E-state index contributed by atoms with van der Waals surface area (Å²) >= 11 is 12.9. The number of thiazole rings is 1. The van der Waals surface area contributed by atoms with E-state index >= 15 is 8.78 Å². The number of alkyl halides is 2. The predicted molar refractivity (Wildman–Crippen MR) is 137 cm³/mol. The van der Waals surface area contributed by atoms with E-state index in [1.165, 1.54) is 49.5 Å². The van der Waals surface area contributed by atoms with Gasteiger partial charge in [0, 0.05) is 37.2 Å². The first-order chi connectivity index (χ1) is 18.2. The lowest BCUT2D eigenvalue weighted by Gasteiger charge is -2.48. The van der Waals surface area contributed by atoms with Gasteiger partial charge in [0.05, 0.1) is 27.7 Å². The van der Waals surface area contributed by atoms with E-state index in [0.29, 0.717) is 30.9 Å². The number of aromatic nitrogens is 3. The highest BCUT2D eigenvalue weighted by Crippen LogP contribution is 2.49. The first-order valence-electron chi connectivity index (χ1n) is 12.0. The lowest BCUT2D eigenvalue weighted by Crippen LogP contribution is -2.59. The average molecular weight is 585 g/mol. The van der Waals surface area contributed by atoms with Crippen LogP contribution in [0.1, 0.15) is 45.8 Å². The van der Waals surface area contributed by atoms with E-state index in [0.717, 1.165) is 12.1 Å². The molecule has 1 spiro atoms. The lowest BCUT2D eigenvalue weighted by molar-refractivity contribution is -0.129. The Morgan fingerprint density at radius 2 is 1.95 bits per heavy atom. The van der Waals surface area contributed by atoms with Gasteiger partial charge in [-0.3, -0.25) is 14.6 Å². The molecule has 0 saturated carbocycles. The second-order valence-corrected chi connectivity index (χ2v) is 11.3. The SMILES string of the molecule is C1CCNC1.O=CN1CC2(C1)CN(C(=O)c1cncs1)CC2c1nnc(C(F)(F)c2ccc(Cl)c(Cl)c2)o1. The Labute approximate surface area is 231 Å². The Morgan fingerprint density at radius 1 is 1.18 bits per heavy atom. The van der Waals surface area contributed by atoms with Crippen LogP contribution in [-0.4, -0.2) is 76.6 Å². The molecule has 2 aromatic heterocycles. The predicted octanol–water partition coefficient (Wildman–Crippen LogP) is 4.04. The maximum absolute atomic E-state index is 15.1. The number of carbonyl (C=O) groups is 2. The summed E-state index contributed by atoms with van der Waals surface area (Å²) in [6, 6.07) is 3.45. The average Bonchev–Trinajstić information content (AvgIpc) is 3.70. The van der Waals surface area contributed by atoms with E-state index in [4.69, 9.17) is 27.6 Å². The molecule has 1 unspecified atom stereocenters. The molecular weight excluding hydrogens is 561 g/mol. The number of likely N-dealkylation sites (tertiary alicyclic amines) is 2. The number of carbonyl (C=O) groups excluding carboxylic acids is 2. The fourth-order valence-electron chi connectivity index (χ4n) is 5.04. The van der Waals surface area contributed by atoms with Crippen molar-refractivity contribution in [2.45, 2.75) is 24.7 Å². The van der Waals surface area contributed by atoms with Gasteiger partial charge < -0.3 is 19.5 Å². The van der Waals surface area contributed by atoms with Gasteiger partial charge in [0.2, 0.25) is 12.3 Å². The molecule has 3 aromatic rings. The molecular formula is C24H24Cl2F2N6O3S. The summed E-state index contributed by atoms with van der Waals surface area (Å²) in [5, 5.41) is 10.9. The molecule has 3 fully saturated rings. The fraction of sp³-hybridized carbons (Fsp3) is 0.458. The van der Waals surface area contributed by atoms with Crippen LogP contribution in [0.3, 0.4) is 0 Å². The summed E-state index contributed by atoms with van der Waals surface area (Å²) in [5.41, 5.74) is 0.568. The molecule has 3 aliphatic heterocycles. The third-order valence-electron chi connectivity index (χ3n) is 7.01. The molecule has 2 amide bonds. The van der Waals surface area contributed by atoms with Crippen LogP contribution in [-0.2, 0) is 10.7 Å². The summed E-state index contributed by atoms with van der Waals surface area (Å²) in [5.74, 6) is -5.21. The second-order valence-electron chi connectivity index (χ2n) is 9.58. The van der Waals surface area contributed by atoms with Gasteiger partial charge in [0.1, 0.15) is 4.88 Å².